The number of methoxy groups -OCH3 is 2. The first-order chi connectivity index (χ1) is 9.56. The molecule has 110 valence electrons. The molecule has 1 amide bonds. The van der Waals surface area contributed by atoms with E-state index < -0.39 is 0 Å². The van der Waals surface area contributed by atoms with Crippen LogP contribution in [0.4, 0.5) is 0 Å². The van der Waals surface area contributed by atoms with Crippen molar-refractivity contribution in [1.29, 1.82) is 0 Å². The smallest absolute Gasteiger partial charge is 0.234 e. The summed E-state index contributed by atoms with van der Waals surface area (Å²) in [5.41, 5.74) is 6.50. The number of nitrogens with zero attached hydrogens (tertiary/aromatic N) is 1. The van der Waals surface area contributed by atoms with E-state index in [1.165, 1.54) is 0 Å². The molecule has 0 radical (unpaired) electrons. The average Bonchev–Trinajstić information content (AvgIpc) is 2.88. The second kappa shape index (κ2) is 6.45. The highest BCUT2D eigenvalue weighted by Crippen LogP contribution is 2.34. The molecule has 0 saturated carbocycles. The van der Waals surface area contributed by atoms with E-state index in [0.29, 0.717) is 18.0 Å². The maximum Gasteiger partial charge on any atom is 0.234 e. The van der Waals surface area contributed by atoms with Gasteiger partial charge < -0.3 is 15.2 Å². The number of halogens is 1. The lowest BCUT2D eigenvalue weighted by Crippen LogP contribution is -2.39. The van der Waals surface area contributed by atoms with Crippen LogP contribution in [-0.2, 0) is 11.3 Å². The van der Waals surface area contributed by atoms with Gasteiger partial charge in [-0.05, 0) is 37.1 Å². The molecule has 1 aliphatic heterocycles. The molecule has 1 aliphatic rings. The van der Waals surface area contributed by atoms with Gasteiger partial charge in [-0.25, -0.2) is 0 Å². The molecule has 0 spiro atoms. The average molecular weight is 343 g/mol. The Bertz CT molecular complexity index is 507. The van der Waals surface area contributed by atoms with Gasteiger partial charge in [0, 0.05) is 11.0 Å². The standard InChI is InChI=1S/C14H19BrN2O3/c1-19-12-6-9(10(15)7-13(12)20-2)8-17-5-3-4-11(17)14(16)18/h6-7,11H,3-5,8H2,1-2H3,(H2,16,18). The Kier molecular flexibility index (Phi) is 4.88. The third-order valence-electron chi connectivity index (χ3n) is 3.62. The molecular weight excluding hydrogens is 324 g/mol. The Morgan fingerprint density at radius 1 is 1.40 bits per heavy atom. The number of amides is 1. The molecule has 1 fully saturated rings. The van der Waals surface area contributed by atoms with Gasteiger partial charge >= 0.3 is 0 Å². The molecule has 1 aromatic rings. The molecule has 1 atom stereocenters. The number of rotatable bonds is 5. The van der Waals surface area contributed by atoms with Gasteiger partial charge in [0.15, 0.2) is 11.5 Å². The van der Waals surface area contributed by atoms with Gasteiger partial charge in [0.1, 0.15) is 0 Å². The predicted octanol–water partition coefficient (Wildman–Crippen LogP) is 1.92. The highest BCUT2D eigenvalue weighted by molar-refractivity contribution is 9.10. The van der Waals surface area contributed by atoms with Crippen molar-refractivity contribution in [2.75, 3.05) is 20.8 Å². The quantitative estimate of drug-likeness (QED) is 0.887. The van der Waals surface area contributed by atoms with Crippen molar-refractivity contribution in [3.63, 3.8) is 0 Å². The van der Waals surface area contributed by atoms with E-state index in [2.05, 4.69) is 20.8 Å². The Labute approximate surface area is 127 Å². The number of carbonyl (C=O) groups is 1. The molecule has 2 rings (SSSR count). The van der Waals surface area contributed by atoms with Gasteiger partial charge in [0.2, 0.25) is 5.91 Å². The number of benzene rings is 1. The largest absolute Gasteiger partial charge is 0.493 e. The lowest BCUT2D eigenvalue weighted by Gasteiger charge is -2.23. The van der Waals surface area contributed by atoms with Crippen LogP contribution in [0.2, 0.25) is 0 Å². The SMILES string of the molecule is COc1cc(Br)c(CN2CCCC2C(N)=O)cc1OC. The van der Waals surface area contributed by atoms with E-state index in [9.17, 15) is 4.79 Å². The highest BCUT2D eigenvalue weighted by Gasteiger charge is 2.29. The minimum atomic E-state index is -0.251. The van der Waals surface area contributed by atoms with Crippen LogP contribution in [0.25, 0.3) is 0 Å². The summed E-state index contributed by atoms with van der Waals surface area (Å²) in [5.74, 6) is 1.11. The Morgan fingerprint density at radius 2 is 2.05 bits per heavy atom. The molecule has 20 heavy (non-hydrogen) atoms. The third kappa shape index (κ3) is 3.07. The minimum Gasteiger partial charge on any atom is -0.493 e. The van der Waals surface area contributed by atoms with Crippen molar-refractivity contribution in [3.8, 4) is 11.5 Å². The van der Waals surface area contributed by atoms with Crippen molar-refractivity contribution in [2.45, 2.75) is 25.4 Å². The summed E-state index contributed by atoms with van der Waals surface area (Å²) < 4.78 is 11.5. The summed E-state index contributed by atoms with van der Waals surface area (Å²) in [6.07, 6.45) is 1.83. The number of ether oxygens (including phenoxy) is 2. The van der Waals surface area contributed by atoms with Crippen LogP contribution < -0.4 is 15.2 Å². The molecule has 5 nitrogen and oxygen atoms in total. The van der Waals surface area contributed by atoms with E-state index >= 15 is 0 Å². The van der Waals surface area contributed by atoms with Gasteiger partial charge in [0.05, 0.1) is 20.3 Å². The van der Waals surface area contributed by atoms with E-state index in [-0.39, 0.29) is 11.9 Å². The lowest BCUT2D eigenvalue weighted by molar-refractivity contribution is -0.122. The van der Waals surface area contributed by atoms with E-state index in [1.54, 1.807) is 14.2 Å². The highest BCUT2D eigenvalue weighted by atomic mass is 79.9. The fraction of sp³-hybridized carbons (Fsp3) is 0.500. The molecule has 0 bridgehead atoms. The maximum absolute atomic E-state index is 11.4. The van der Waals surface area contributed by atoms with Crippen LogP contribution in [0.1, 0.15) is 18.4 Å². The molecule has 1 saturated heterocycles. The van der Waals surface area contributed by atoms with Crippen molar-refractivity contribution in [2.24, 2.45) is 5.73 Å². The van der Waals surface area contributed by atoms with Crippen LogP contribution in [0.3, 0.4) is 0 Å². The summed E-state index contributed by atoms with van der Waals surface area (Å²) in [7, 11) is 3.21. The Hall–Kier alpha value is -1.27. The maximum atomic E-state index is 11.4. The van der Waals surface area contributed by atoms with Crippen LogP contribution in [0, 0.1) is 0 Å². The number of nitrogens with two attached hydrogens (primary N) is 1. The summed E-state index contributed by atoms with van der Waals surface area (Å²) in [5, 5.41) is 0. The van der Waals surface area contributed by atoms with Crippen molar-refractivity contribution in [1.82, 2.24) is 4.90 Å². The van der Waals surface area contributed by atoms with Crippen LogP contribution in [0.5, 0.6) is 11.5 Å². The molecule has 6 heteroatoms. The monoisotopic (exact) mass is 342 g/mol. The van der Waals surface area contributed by atoms with Crippen molar-refractivity contribution < 1.29 is 14.3 Å². The fourth-order valence-electron chi connectivity index (χ4n) is 2.57. The molecule has 1 heterocycles. The van der Waals surface area contributed by atoms with Crippen LogP contribution in [0.15, 0.2) is 16.6 Å². The van der Waals surface area contributed by atoms with E-state index in [4.69, 9.17) is 15.2 Å². The van der Waals surface area contributed by atoms with E-state index in [0.717, 1.165) is 29.4 Å². The Balaban J connectivity index is 2.23. The molecule has 2 N–H and O–H groups in total. The molecule has 0 aliphatic carbocycles. The molecular formula is C14H19BrN2O3. The number of hydrogen-bond acceptors (Lipinski definition) is 4. The zero-order chi connectivity index (χ0) is 14.7. The topological polar surface area (TPSA) is 64.8 Å². The van der Waals surface area contributed by atoms with Gasteiger partial charge in [-0.15, -0.1) is 0 Å². The second-order valence-corrected chi connectivity index (χ2v) is 5.68. The summed E-state index contributed by atoms with van der Waals surface area (Å²) in [4.78, 5) is 13.5. The zero-order valence-electron chi connectivity index (χ0n) is 11.7. The molecule has 1 unspecified atom stereocenters. The third-order valence-corrected chi connectivity index (χ3v) is 4.36. The summed E-state index contributed by atoms with van der Waals surface area (Å²) >= 11 is 3.54. The Morgan fingerprint density at radius 3 is 2.65 bits per heavy atom. The number of primary amides is 1. The van der Waals surface area contributed by atoms with Crippen molar-refractivity contribution >= 4 is 21.8 Å². The molecule has 1 aromatic carbocycles. The van der Waals surface area contributed by atoms with Crippen molar-refractivity contribution in [3.05, 3.63) is 22.2 Å². The summed E-state index contributed by atoms with van der Waals surface area (Å²) in [6.45, 7) is 1.54. The van der Waals surface area contributed by atoms with E-state index in [1.807, 2.05) is 12.1 Å². The second-order valence-electron chi connectivity index (χ2n) is 4.83. The van der Waals surface area contributed by atoms with Crippen LogP contribution in [-0.4, -0.2) is 37.6 Å². The predicted molar refractivity (Wildman–Crippen MR) is 79.9 cm³/mol. The first kappa shape index (κ1) is 15.1. The fourth-order valence-corrected chi connectivity index (χ4v) is 3.02. The number of hydrogen-bond donors (Lipinski definition) is 1. The number of likely N-dealkylation sites (tertiary alicyclic amines) is 1. The zero-order valence-corrected chi connectivity index (χ0v) is 13.3. The number of carbonyl (C=O) groups excluding carboxylic acids is 1. The molecule has 0 aromatic heterocycles. The normalized spacial score (nSPS) is 19.1. The lowest BCUT2D eigenvalue weighted by atomic mass is 10.1. The van der Waals surface area contributed by atoms with Gasteiger partial charge in [-0.1, -0.05) is 15.9 Å². The van der Waals surface area contributed by atoms with Gasteiger partial charge in [-0.3, -0.25) is 9.69 Å². The van der Waals surface area contributed by atoms with Gasteiger partial charge in [0.25, 0.3) is 0 Å². The van der Waals surface area contributed by atoms with Crippen LogP contribution >= 0.6 is 15.9 Å². The first-order valence-electron chi connectivity index (χ1n) is 6.50. The minimum absolute atomic E-state index is 0.171. The first-order valence-corrected chi connectivity index (χ1v) is 7.30. The van der Waals surface area contributed by atoms with Gasteiger partial charge in [-0.2, -0.15) is 0 Å². The summed E-state index contributed by atoms with van der Waals surface area (Å²) in [6, 6.07) is 3.64.